The Labute approximate surface area is 118 Å². The number of ketones is 2. The number of alkyl halides is 1. The van der Waals surface area contributed by atoms with Crippen molar-refractivity contribution < 1.29 is 9.59 Å². The van der Waals surface area contributed by atoms with Crippen LogP contribution in [0.5, 0.6) is 0 Å². The highest BCUT2D eigenvalue weighted by Gasteiger charge is 2.53. The maximum atomic E-state index is 12.5. The van der Waals surface area contributed by atoms with Crippen LogP contribution < -0.4 is 0 Å². The molecule has 2 aromatic rings. The normalized spacial score (nSPS) is 21.6. The Morgan fingerprint density at radius 1 is 1.11 bits per heavy atom. The summed E-state index contributed by atoms with van der Waals surface area (Å²) in [7, 11) is 0. The van der Waals surface area contributed by atoms with Crippen molar-refractivity contribution >= 4 is 27.5 Å². The summed E-state index contributed by atoms with van der Waals surface area (Å²) in [6.07, 6.45) is 1.53. The van der Waals surface area contributed by atoms with E-state index in [-0.39, 0.29) is 17.3 Å². The Morgan fingerprint density at radius 2 is 1.89 bits per heavy atom. The van der Waals surface area contributed by atoms with E-state index in [1.807, 2.05) is 25.1 Å². The van der Waals surface area contributed by atoms with E-state index in [1.165, 1.54) is 6.20 Å². The lowest BCUT2D eigenvalue weighted by Gasteiger charge is -2.18. The molecule has 4 heteroatoms. The smallest absolute Gasteiger partial charge is 0.210 e. The summed E-state index contributed by atoms with van der Waals surface area (Å²) in [4.78, 5) is 29.1. The molecule has 0 fully saturated rings. The standard InChI is InChI=1S/C15H10BrNO2/c1-9-4-2-5-10(8-9)15(16)13(18)11-6-3-7-17-12(11)14(15)19/h2-8H,1H3. The van der Waals surface area contributed by atoms with Crippen molar-refractivity contribution in [3.63, 3.8) is 0 Å². The van der Waals surface area contributed by atoms with Gasteiger partial charge < -0.3 is 0 Å². The topological polar surface area (TPSA) is 47.0 Å². The summed E-state index contributed by atoms with van der Waals surface area (Å²) in [5, 5.41) is 0. The Morgan fingerprint density at radius 3 is 2.58 bits per heavy atom. The van der Waals surface area contributed by atoms with Crippen LogP contribution in [0.2, 0.25) is 0 Å². The minimum atomic E-state index is -1.32. The predicted octanol–water partition coefficient (Wildman–Crippen LogP) is 3.06. The van der Waals surface area contributed by atoms with Gasteiger partial charge in [-0.05, 0) is 24.6 Å². The number of aromatic nitrogens is 1. The third-order valence-corrected chi connectivity index (χ3v) is 4.49. The van der Waals surface area contributed by atoms with Crippen molar-refractivity contribution in [2.45, 2.75) is 11.2 Å². The number of carbonyl (C=O) groups excluding carboxylic acids is 2. The maximum Gasteiger partial charge on any atom is 0.210 e. The van der Waals surface area contributed by atoms with Gasteiger partial charge in [-0.3, -0.25) is 14.6 Å². The Kier molecular flexibility index (Phi) is 2.64. The van der Waals surface area contributed by atoms with Gasteiger partial charge in [0, 0.05) is 11.8 Å². The first-order valence-corrected chi connectivity index (χ1v) is 6.65. The van der Waals surface area contributed by atoms with E-state index < -0.39 is 4.32 Å². The minimum Gasteiger partial charge on any atom is -0.292 e. The molecule has 0 bridgehead atoms. The monoisotopic (exact) mass is 315 g/mol. The average molecular weight is 316 g/mol. The van der Waals surface area contributed by atoms with Gasteiger partial charge in [0.1, 0.15) is 5.69 Å². The van der Waals surface area contributed by atoms with Crippen LogP contribution in [-0.2, 0) is 4.32 Å². The second kappa shape index (κ2) is 4.10. The van der Waals surface area contributed by atoms with Gasteiger partial charge in [-0.1, -0.05) is 45.8 Å². The number of fused-ring (bicyclic) bond motifs is 1. The molecule has 1 atom stereocenters. The first-order chi connectivity index (χ1) is 9.05. The molecule has 1 aliphatic rings. The van der Waals surface area contributed by atoms with Crippen LogP contribution in [0.15, 0.2) is 42.6 Å². The second-order valence-corrected chi connectivity index (χ2v) is 5.78. The van der Waals surface area contributed by atoms with Gasteiger partial charge in [0.25, 0.3) is 0 Å². The molecular weight excluding hydrogens is 306 g/mol. The fourth-order valence-corrected chi connectivity index (χ4v) is 2.99. The number of carbonyl (C=O) groups is 2. The highest BCUT2D eigenvalue weighted by molar-refractivity contribution is 9.10. The Bertz CT molecular complexity index is 674. The molecule has 1 aromatic heterocycles. The molecule has 0 saturated carbocycles. The number of benzene rings is 1. The van der Waals surface area contributed by atoms with Crippen LogP contribution in [0.25, 0.3) is 0 Å². The van der Waals surface area contributed by atoms with E-state index in [0.29, 0.717) is 11.1 Å². The lowest BCUT2D eigenvalue weighted by atomic mass is 9.93. The van der Waals surface area contributed by atoms with E-state index in [2.05, 4.69) is 20.9 Å². The van der Waals surface area contributed by atoms with Crippen molar-refractivity contribution in [2.75, 3.05) is 0 Å². The number of pyridine rings is 1. The van der Waals surface area contributed by atoms with E-state index in [1.54, 1.807) is 18.2 Å². The molecular formula is C15H10BrNO2. The Balaban J connectivity index is 2.23. The number of hydrogen-bond acceptors (Lipinski definition) is 3. The van der Waals surface area contributed by atoms with Gasteiger partial charge in [0.15, 0.2) is 10.1 Å². The Hall–Kier alpha value is -1.81. The van der Waals surface area contributed by atoms with Crippen LogP contribution in [0.1, 0.15) is 32.0 Å². The molecule has 3 nitrogen and oxygen atoms in total. The molecule has 94 valence electrons. The van der Waals surface area contributed by atoms with Crippen LogP contribution in [-0.4, -0.2) is 16.6 Å². The number of rotatable bonds is 1. The molecule has 0 saturated heterocycles. The van der Waals surface area contributed by atoms with E-state index in [9.17, 15) is 9.59 Å². The van der Waals surface area contributed by atoms with Crippen molar-refractivity contribution in [1.29, 1.82) is 0 Å². The quantitative estimate of drug-likeness (QED) is 0.600. The van der Waals surface area contributed by atoms with Gasteiger partial charge in [-0.15, -0.1) is 0 Å². The van der Waals surface area contributed by atoms with Crippen molar-refractivity contribution in [3.8, 4) is 0 Å². The van der Waals surface area contributed by atoms with E-state index in [4.69, 9.17) is 0 Å². The molecule has 1 unspecified atom stereocenters. The summed E-state index contributed by atoms with van der Waals surface area (Å²) >= 11 is 3.36. The summed E-state index contributed by atoms with van der Waals surface area (Å²) in [6.45, 7) is 1.93. The van der Waals surface area contributed by atoms with E-state index >= 15 is 0 Å². The zero-order valence-electron chi connectivity index (χ0n) is 10.2. The third-order valence-electron chi connectivity index (χ3n) is 3.31. The SMILES string of the molecule is Cc1cccc(C2(Br)C(=O)c3cccnc3C2=O)c1. The van der Waals surface area contributed by atoms with Crippen LogP contribution >= 0.6 is 15.9 Å². The van der Waals surface area contributed by atoms with Crippen LogP contribution in [0, 0.1) is 6.92 Å². The van der Waals surface area contributed by atoms with Gasteiger partial charge in [-0.25, -0.2) is 0 Å². The lowest BCUT2D eigenvalue weighted by Crippen LogP contribution is -2.31. The molecule has 19 heavy (non-hydrogen) atoms. The molecule has 0 aliphatic heterocycles. The predicted molar refractivity (Wildman–Crippen MR) is 74.7 cm³/mol. The molecule has 0 spiro atoms. The first kappa shape index (κ1) is 12.2. The van der Waals surface area contributed by atoms with Crippen LogP contribution in [0.3, 0.4) is 0 Å². The first-order valence-electron chi connectivity index (χ1n) is 5.86. The summed E-state index contributed by atoms with van der Waals surface area (Å²) < 4.78 is -1.32. The van der Waals surface area contributed by atoms with Crippen molar-refractivity contribution in [2.24, 2.45) is 0 Å². The average Bonchev–Trinajstić information content (AvgIpc) is 2.63. The molecule has 1 heterocycles. The fraction of sp³-hybridized carbons (Fsp3) is 0.133. The molecule has 0 radical (unpaired) electrons. The van der Waals surface area contributed by atoms with Gasteiger partial charge in [0.2, 0.25) is 5.78 Å². The molecule has 1 aromatic carbocycles. The molecule has 3 rings (SSSR count). The number of aryl methyl sites for hydroxylation is 1. The van der Waals surface area contributed by atoms with Crippen molar-refractivity contribution in [3.05, 3.63) is 65.0 Å². The zero-order valence-corrected chi connectivity index (χ0v) is 11.8. The lowest BCUT2D eigenvalue weighted by molar-refractivity contribution is 0.0870. The highest BCUT2D eigenvalue weighted by Crippen LogP contribution is 2.43. The number of hydrogen-bond donors (Lipinski definition) is 0. The van der Waals surface area contributed by atoms with Gasteiger partial charge >= 0.3 is 0 Å². The summed E-state index contributed by atoms with van der Waals surface area (Å²) in [5.41, 5.74) is 2.28. The van der Waals surface area contributed by atoms with Gasteiger partial charge in [0.05, 0.1) is 0 Å². The number of nitrogens with zero attached hydrogens (tertiary/aromatic N) is 1. The van der Waals surface area contributed by atoms with Crippen LogP contribution in [0.4, 0.5) is 0 Å². The summed E-state index contributed by atoms with van der Waals surface area (Å²) in [6, 6.07) is 10.7. The molecule has 0 amide bonds. The second-order valence-electron chi connectivity index (χ2n) is 4.59. The van der Waals surface area contributed by atoms with Crippen molar-refractivity contribution in [1.82, 2.24) is 4.98 Å². The highest BCUT2D eigenvalue weighted by atomic mass is 79.9. The fourth-order valence-electron chi connectivity index (χ4n) is 2.34. The van der Waals surface area contributed by atoms with Gasteiger partial charge in [-0.2, -0.15) is 0 Å². The molecule has 1 aliphatic carbocycles. The largest absolute Gasteiger partial charge is 0.292 e. The molecule has 0 N–H and O–H groups in total. The maximum absolute atomic E-state index is 12.5. The zero-order chi connectivity index (χ0) is 13.6. The third kappa shape index (κ3) is 1.60. The van der Waals surface area contributed by atoms with E-state index in [0.717, 1.165) is 5.56 Å². The minimum absolute atomic E-state index is 0.242. The number of Topliss-reactive ketones (excluding diaryl/α,β-unsaturated/α-hetero) is 2. The summed E-state index contributed by atoms with van der Waals surface area (Å²) in [5.74, 6) is -0.537. The number of halogens is 1.